The third-order valence-electron chi connectivity index (χ3n) is 2.57. The number of aliphatic hydroxyl groups is 1. The van der Waals surface area contributed by atoms with Crippen molar-refractivity contribution in [3.8, 4) is 0 Å². The Morgan fingerprint density at radius 3 is 3.15 bits per heavy atom. The lowest BCUT2D eigenvalue weighted by atomic mass is 10.1. The van der Waals surface area contributed by atoms with Crippen LogP contribution in [0.2, 0.25) is 0 Å². The van der Waals surface area contributed by atoms with Crippen molar-refractivity contribution in [1.29, 1.82) is 0 Å². The maximum absolute atomic E-state index is 9.56. The van der Waals surface area contributed by atoms with E-state index in [-0.39, 0.29) is 6.10 Å². The van der Waals surface area contributed by atoms with Crippen molar-refractivity contribution in [2.24, 2.45) is 5.92 Å². The normalized spacial score (nSPS) is 27.8. The van der Waals surface area contributed by atoms with Crippen molar-refractivity contribution in [3.63, 3.8) is 0 Å². The van der Waals surface area contributed by atoms with Gasteiger partial charge in [0.25, 0.3) is 0 Å². The van der Waals surface area contributed by atoms with Crippen LogP contribution in [-0.4, -0.2) is 22.7 Å². The minimum Gasteiger partial charge on any atom is -0.393 e. The third kappa shape index (κ3) is 2.19. The maximum atomic E-state index is 9.56. The summed E-state index contributed by atoms with van der Waals surface area (Å²) in [7, 11) is 0. The van der Waals surface area contributed by atoms with Gasteiger partial charge in [-0.1, -0.05) is 6.42 Å². The van der Waals surface area contributed by atoms with Crippen molar-refractivity contribution in [3.05, 3.63) is 11.6 Å². The molecule has 1 aliphatic rings. The molecule has 1 fully saturated rings. The van der Waals surface area contributed by atoms with Crippen molar-refractivity contribution in [2.75, 3.05) is 11.9 Å². The lowest BCUT2D eigenvalue weighted by molar-refractivity contribution is 0.138. The number of nitrogens with one attached hydrogen (secondary N) is 1. The molecule has 1 aromatic rings. The molecule has 1 heterocycles. The van der Waals surface area contributed by atoms with Gasteiger partial charge in [0, 0.05) is 24.0 Å². The highest BCUT2D eigenvalue weighted by Crippen LogP contribution is 2.25. The zero-order chi connectivity index (χ0) is 9.10. The van der Waals surface area contributed by atoms with Gasteiger partial charge in [0.1, 0.15) is 0 Å². The molecule has 2 N–H and O–H groups in total. The average Bonchev–Trinajstić information content (AvgIpc) is 2.72. The Balaban J connectivity index is 1.79. The van der Waals surface area contributed by atoms with Gasteiger partial charge in [-0.25, -0.2) is 4.98 Å². The third-order valence-corrected chi connectivity index (χ3v) is 3.30. The van der Waals surface area contributed by atoms with E-state index in [1.165, 1.54) is 0 Å². The minimum absolute atomic E-state index is 0.104. The van der Waals surface area contributed by atoms with Crippen LogP contribution in [0.25, 0.3) is 0 Å². The first-order valence-electron chi connectivity index (χ1n) is 4.67. The smallest absolute Gasteiger partial charge is 0.182 e. The van der Waals surface area contributed by atoms with Crippen LogP contribution in [0, 0.1) is 5.92 Å². The van der Waals surface area contributed by atoms with E-state index in [2.05, 4.69) is 10.3 Å². The van der Waals surface area contributed by atoms with Gasteiger partial charge in [0.05, 0.1) is 6.10 Å². The second-order valence-corrected chi connectivity index (χ2v) is 4.37. The summed E-state index contributed by atoms with van der Waals surface area (Å²) in [6.07, 6.45) is 4.94. The number of anilines is 1. The van der Waals surface area contributed by atoms with Crippen LogP contribution >= 0.6 is 11.3 Å². The molecular weight excluding hydrogens is 184 g/mol. The number of aromatic nitrogens is 1. The van der Waals surface area contributed by atoms with E-state index in [1.54, 1.807) is 17.5 Å². The molecule has 0 amide bonds. The standard InChI is InChI=1S/C9H14N2OS/c12-8-3-1-2-7(8)6-11-9-10-4-5-13-9/h4-5,7-8,12H,1-3,6H2,(H,10,11). The molecule has 0 aromatic carbocycles. The van der Waals surface area contributed by atoms with Gasteiger partial charge in [0.15, 0.2) is 5.13 Å². The molecule has 2 rings (SSSR count). The lowest BCUT2D eigenvalue weighted by Crippen LogP contribution is -2.21. The number of hydrogen-bond acceptors (Lipinski definition) is 4. The highest BCUT2D eigenvalue weighted by Gasteiger charge is 2.24. The van der Waals surface area contributed by atoms with E-state index < -0.39 is 0 Å². The predicted octanol–water partition coefficient (Wildman–Crippen LogP) is 1.72. The quantitative estimate of drug-likeness (QED) is 0.777. The van der Waals surface area contributed by atoms with Crippen LogP contribution in [-0.2, 0) is 0 Å². The van der Waals surface area contributed by atoms with Crippen molar-refractivity contribution < 1.29 is 5.11 Å². The fraction of sp³-hybridized carbons (Fsp3) is 0.667. The fourth-order valence-electron chi connectivity index (χ4n) is 1.78. The van der Waals surface area contributed by atoms with E-state index >= 15 is 0 Å². The zero-order valence-corrected chi connectivity index (χ0v) is 8.26. The Morgan fingerprint density at radius 1 is 1.62 bits per heavy atom. The summed E-state index contributed by atoms with van der Waals surface area (Å²) >= 11 is 1.60. The molecule has 0 radical (unpaired) electrons. The molecule has 1 aromatic heterocycles. The topological polar surface area (TPSA) is 45.1 Å². The van der Waals surface area contributed by atoms with Crippen molar-refractivity contribution in [1.82, 2.24) is 4.98 Å². The summed E-state index contributed by atoms with van der Waals surface area (Å²) in [5.41, 5.74) is 0. The van der Waals surface area contributed by atoms with E-state index in [1.807, 2.05) is 5.38 Å². The second-order valence-electron chi connectivity index (χ2n) is 3.48. The molecule has 13 heavy (non-hydrogen) atoms. The monoisotopic (exact) mass is 198 g/mol. The molecule has 0 saturated heterocycles. The number of thiazole rings is 1. The maximum Gasteiger partial charge on any atom is 0.182 e. The summed E-state index contributed by atoms with van der Waals surface area (Å²) in [4.78, 5) is 4.13. The first-order valence-corrected chi connectivity index (χ1v) is 5.55. The van der Waals surface area contributed by atoms with Crippen LogP contribution in [0.5, 0.6) is 0 Å². The van der Waals surface area contributed by atoms with Gasteiger partial charge >= 0.3 is 0 Å². The number of hydrogen-bond donors (Lipinski definition) is 2. The van der Waals surface area contributed by atoms with Gasteiger partial charge < -0.3 is 10.4 Å². The van der Waals surface area contributed by atoms with Gasteiger partial charge in [-0.05, 0) is 12.8 Å². The Morgan fingerprint density at radius 2 is 2.54 bits per heavy atom. The number of nitrogens with zero attached hydrogens (tertiary/aromatic N) is 1. The highest BCUT2D eigenvalue weighted by molar-refractivity contribution is 7.13. The fourth-order valence-corrected chi connectivity index (χ4v) is 2.32. The van der Waals surface area contributed by atoms with E-state index in [0.717, 1.165) is 30.9 Å². The van der Waals surface area contributed by atoms with E-state index in [4.69, 9.17) is 0 Å². The SMILES string of the molecule is OC1CCCC1CNc1nccs1. The Bertz CT molecular complexity index is 250. The molecule has 2 unspecified atom stereocenters. The molecule has 0 bridgehead atoms. The number of rotatable bonds is 3. The van der Waals surface area contributed by atoms with Crippen LogP contribution in [0.15, 0.2) is 11.6 Å². The van der Waals surface area contributed by atoms with E-state index in [9.17, 15) is 5.11 Å². The van der Waals surface area contributed by atoms with Crippen LogP contribution in [0.3, 0.4) is 0 Å². The molecular formula is C9H14N2OS. The van der Waals surface area contributed by atoms with Crippen molar-refractivity contribution in [2.45, 2.75) is 25.4 Å². The Kier molecular flexibility index (Phi) is 2.80. The van der Waals surface area contributed by atoms with Gasteiger partial charge in [-0.2, -0.15) is 0 Å². The van der Waals surface area contributed by atoms with Gasteiger partial charge in [0.2, 0.25) is 0 Å². The summed E-state index contributed by atoms with van der Waals surface area (Å²) < 4.78 is 0. The minimum atomic E-state index is -0.104. The summed E-state index contributed by atoms with van der Waals surface area (Å²) in [6, 6.07) is 0. The largest absolute Gasteiger partial charge is 0.393 e. The molecule has 1 saturated carbocycles. The molecule has 72 valence electrons. The highest BCUT2D eigenvalue weighted by atomic mass is 32.1. The molecule has 0 aliphatic heterocycles. The first kappa shape index (κ1) is 8.97. The average molecular weight is 198 g/mol. The van der Waals surface area contributed by atoms with Gasteiger partial charge in [-0.15, -0.1) is 11.3 Å². The Hall–Kier alpha value is -0.610. The Labute approximate surface area is 81.8 Å². The van der Waals surface area contributed by atoms with Crippen LogP contribution in [0.1, 0.15) is 19.3 Å². The summed E-state index contributed by atoms with van der Waals surface area (Å²) in [5, 5.41) is 15.7. The summed E-state index contributed by atoms with van der Waals surface area (Å²) in [6.45, 7) is 0.856. The molecule has 0 spiro atoms. The second kappa shape index (κ2) is 4.07. The number of aliphatic hydroxyl groups excluding tert-OH is 1. The molecule has 2 atom stereocenters. The lowest BCUT2D eigenvalue weighted by Gasteiger charge is -2.14. The first-order chi connectivity index (χ1) is 6.36. The van der Waals surface area contributed by atoms with Crippen LogP contribution in [0.4, 0.5) is 5.13 Å². The molecule has 3 nitrogen and oxygen atoms in total. The molecule has 1 aliphatic carbocycles. The van der Waals surface area contributed by atoms with E-state index in [0.29, 0.717) is 5.92 Å². The van der Waals surface area contributed by atoms with Gasteiger partial charge in [-0.3, -0.25) is 0 Å². The molecule has 4 heteroatoms. The summed E-state index contributed by atoms with van der Waals surface area (Å²) in [5.74, 6) is 0.420. The van der Waals surface area contributed by atoms with Crippen molar-refractivity contribution >= 4 is 16.5 Å². The van der Waals surface area contributed by atoms with Crippen LogP contribution < -0.4 is 5.32 Å². The zero-order valence-electron chi connectivity index (χ0n) is 7.44. The predicted molar refractivity (Wildman–Crippen MR) is 54.0 cm³/mol.